The van der Waals surface area contributed by atoms with Crippen LogP contribution >= 0.6 is 11.3 Å². The summed E-state index contributed by atoms with van der Waals surface area (Å²) in [6, 6.07) is -1.26. The molecule has 22 heavy (non-hydrogen) atoms. The molecule has 1 aromatic rings. The van der Waals surface area contributed by atoms with Crippen molar-refractivity contribution in [2.45, 2.75) is 25.0 Å². The lowest BCUT2D eigenvalue weighted by Crippen LogP contribution is -2.43. The van der Waals surface area contributed by atoms with Crippen LogP contribution in [0.3, 0.4) is 0 Å². The van der Waals surface area contributed by atoms with E-state index in [0.717, 1.165) is 0 Å². The number of carboxylic acids is 1. The van der Waals surface area contributed by atoms with E-state index in [1.165, 1.54) is 24.6 Å². The second kappa shape index (κ2) is 8.78. The van der Waals surface area contributed by atoms with Crippen molar-refractivity contribution >= 4 is 35.2 Å². The van der Waals surface area contributed by atoms with Gasteiger partial charge in [0.25, 0.3) is 5.91 Å². The van der Waals surface area contributed by atoms with Gasteiger partial charge in [0.2, 0.25) is 5.78 Å². The molecule has 0 aliphatic heterocycles. The van der Waals surface area contributed by atoms with Gasteiger partial charge in [-0.1, -0.05) is 0 Å². The Bertz CT molecular complexity index is 582. The third kappa shape index (κ3) is 5.17. The lowest BCUT2D eigenvalue weighted by Gasteiger charge is -2.17. The Balaban J connectivity index is 2.69. The number of amides is 1. The molecule has 0 saturated carbocycles. The summed E-state index contributed by atoms with van der Waals surface area (Å²) >= 11 is 1.20. The Kier molecular flexibility index (Phi) is 7.03. The number of aliphatic carboxylic acids is 1. The molecule has 10 heteroatoms. The van der Waals surface area contributed by atoms with Gasteiger partial charge >= 0.3 is 12.2 Å². The maximum absolute atomic E-state index is 12.1. The first-order valence-corrected chi connectivity index (χ1v) is 7.03. The molecule has 0 aromatic carbocycles. The number of hydrogen-bond donors (Lipinski definition) is 2. The van der Waals surface area contributed by atoms with E-state index in [2.05, 4.69) is 15.1 Å². The summed E-state index contributed by atoms with van der Waals surface area (Å²) < 4.78 is 5.02. The number of hydrogen-bond acceptors (Lipinski definition) is 6. The van der Waals surface area contributed by atoms with Crippen LogP contribution in [0.2, 0.25) is 0 Å². The van der Waals surface area contributed by atoms with Gasteiger partial charge in [-0.25, -0.2) is 9.78 Å². The van der Waals surface area contributed by atoms with Crippen molar-refractivity contribution < 1.29 is 29.0 Å². The van der Waals surface area contributed by atoms with Gasteiger partial charge in [0.05, 0.1) is 0 Å². The monoisotopic (exact) mass is 326 g/mol. The van der Waals surface area contributed by atoms with Crippen LogP contribution < -0.4 is 5.32 Å². The SMILES string of the molecule is COC(C(=O)NC(CCC(=O)C=[N+]=[N-])C(=O)O)c1nccs1. The molecule has 9 nitrogen and oxygen atoms in total. The largest absolute Gasteiger partial charge is 0.480 e. The molecule has 0 aliphatic rings. The highest BCUT2D eigenvalue weighted by molar-refractivity contribution is 7.09. The number of carbonyl (C=O) groups excluding carboxylic acids is 2. The van der Waals surface area contributed by atoms with E-state index in [-0.39, 0.29) is 12.8 Å². The zero-order chi connectivity index (χ0) is 16.5. The fourth-order valence-corrected chi connectivity index (χ4v) is 2.31. The zero-order valence-corrected chi connectivity index (χ0v) is 12.4. The molecule has 2 unspecified atom stereocenters. The Morgan fingerprint density at radius 1 is 1.59 bits per heavy atom. The average molecular weight is 326 g/mol. The number of nitrogens with one attached hydrogen (secondary N) is 1. The Morgan fingerprint density at radius 2 is 2.32 bits per heavy atom. The maximum atomic E-state index is 12.1. The number of methoxy groups -OCH3 is 1. The number of aromatic nitrogens is 1. The van der Waals surface area contributed by atoms with Crippen LogP contribution in [0.15, 0.2) is 11.6 Å². The van der Waals surface area contributed by atoms with Gasteiger partial charge in [-0.3, -0.25) is 9.59 Å². The summed E-state index contributed by atoms with van der Waals surface area (Å²) in [5, 5.41) is 13.4. The number of carbonyl (C=O) groups is 3. The normalized spacial score (nSPS) is 12.8. The molecule has 1 amide bonds. The zero-order valence-electron chi connectivity index (χ0n) is 11.6. The third-order valence-electron chi connectivity index (χ3n) is 2.65. The Hall–Kier alpha value is -2.42. The summed E-state index contributed by atoms with van der Waals surface area (Å²) in [5.74, 6) is -2.49. The van der Waals surface area contributed by atoms with Crippen molar-refractivity contribution in [2.75, 3.05) is 7.11 Å². The van der Waals surface area contributed by atoms with Crippen molar-refractivity contribution in [3.05, 3.63) is 22.1 Å². The molecule has 2 atom stereocenters. The number of Topliss-reactive ketones (excluding diaryl/α,β-unsaturated/α-hetero) is 1. The summed E-state index contributed by atoms with van der Waals surface area (Å²) in [6.45, 7) is 0. The second-order valence-corrected chi connectivity index (χ2v) is 5.06. The Morgan fingerprint density at radius 3 is 2.82 bits per heavy atom. The van der Waals surface area contributed by atoms with E-state index in [4.69, 9.17) is 15.4 Å². The molecule has 0 spiro atoms. The van der Waals surface area contributed by atoms with Crippen molar-refractivity contribution in [1.29, 1.82) is 0 Å². The summed E-state index contributed by atoms with van der Waals surface area (Å²) in [5.41, 5.74) is 8.21. The van der Waals surface area contributed by atoms with Crippen molar-refractivity contribution in [2.24, 2.45) is 0 Å². The molecule has 0 radical (unpaired) electrons. The summed E-state index contributed by atoms with van der Waals surface area (Å²) in [6.07, 6.45) is 0.836. The van der Waals surface area contributed by atoms with E-state index in [9.17, 15) is 14.4 Å². The highest BCUT2D eigenvalue weighted by Crippen LogP contribution is 2.19. The number of carboxylic acid groups (broad SMARTS) is 1. The first-order valence-electron chi connectivity index (χ1n) is 6.15. The Labute approximate surface area is 129 Å². The van der Waals surface area contributed by atoms with Crippen LogP contribution in [0.5, 0.6) is 0 Å². The highest BCUT2D eigenvalue weighted by Gasteiger charge is 2.28. The minimum absolute atomic E-state index is 0.139. The number of rotatable bonds is 9. The van der Waals surface area contributed by atoms with Crippen LogP contribution in [0.4, 0.5) is 0 Å². The molecule has 0 fully saturated rings. The standard InChI is InChI=1S/C12H14N4O5S/c1-21-9(11-14-4-5-22-11)10(18)16-8(12(19)20)3-2-7(17)6-15-13/h4-6,8-9H,2-3H2,1H3,(H,16,18)(H,19,20). The molecule has 2 N–H and O–H groups in total. The lowest BCUT2D eigenvalue weighted by molar-refractivity contribution is -0.144. The third-order valence-corrected chi connectivity index (χ3v) is 3.46. The highest BCUT2D eigenvalue weighted by atomic mass is 32.1. The molecule has 1 heterocycles. The molecule has 0 bridgehead atoms. The fourth-order valence-electron chi connectivity index (χ4n) is 1.60. The predicted octanol–water partition coefficient (Wildman–Crippen LogP) is 0.0499. The van der Waals surface area contributed by atoms with Crippen LogP contribution in [0.25, 0.3) is 5.53 Å². The number of nitrogens with zero attached hydrogens (tertiary/aromatic N) is 3. The molecular formula is C12H14N4O5S. The van der Waals surface area contributed by atoms with Gasteiger partial charge < -0.3 is 20.7 Å². The topological polar surface area (TPSA) is 142 Å². The first kappa shape index (κ1) is 17.6. The lowest BCUT2D eigenvalue weighted by atomic mass is 10.1. The van der Waals surface area contributed by atoms with Gasteiger partial charge in [-0.2, -0.15) is 4.79 Å². The van der Waals surface area contributed by atoms with E-state index < -0.39 is 29.8 Å². The maximum Gasteiger partial charge on any atom is 0.326 e. The molecule has 0 saturated heterocycles. The smallest absolute Gasteiger partial charge is 0.326 e. The van der Waals surface area contributed by atoms with Gasteiger partial charge in [-0.05, 0) is 6.42 Å². The predicted molar refractivity (Wildman–Crippen MR) is 75.4 cm³/mol. The van der Waals surface area contributed by atoms with Crippen LogP contribution in [0, 0.1) is 0 Å². The fraction of sp³-hybridized carbons (Fsp3) is 0.417. The molecule has 118 valence electrons. The molecule has 1 rings (SSSR count). The molecule has 1 aromatic heterocycles. The van der Waals surface area contributed by atoms with Crippen molar-refractivity contribution in [1.82, 2.24) is 10.3 Å². The van der Waals surface area contributed by atoms with Gasteiger partial charge in [0.1, 0.15) is 11.0 Å². The second-order valence-electron chi connectivity index (χ2n) is 4.14. The van der Waals surface area contributed by atoms with Crippen LogP contribution in [-0.4, -0.2) is 51.9 Å². The van der Waals surface area contributed by atoms with E-state index in [1.54, 1.807) is 5.38 Å². The minimum Gasteiger partial charge on any atom is -0.480 e. The summed E-state index contributed by atoms with van der Waals surface area (Å²) in [4.78, 5) is 40.9. The molecule has 0 aliphatic carbocycles. The van der Waals surface area contributed by atoms with Crippen molar-refractivity contribution in [3.8, 4) is 0 Å². The van der Waals surface area contributed by atoms with E-state index >= 15 is 0 Å². The van der Waals surface area contributed by atoms with Crippen LogP contribution in [-0.2, 0) is 19.1 Å². The van der Waals surface area contributed by atoms with Gasteiger partial charge in [-0.15, -0.1) is 11.3 Å². The quantitative estimate of drug-likeness (QED) is 0.373. The number of ketones is 1. The number of ether oxygens (including phenoxy) is 1. The van der Waals surface area contributed by atoms with Gasteiger partial charge in [0.15, 0.2) is 6.10 Å². The van der Waals surface area contributed by atoms with Gasteiger partial charge in [0, 0.05) is 25.1 Å². The van der Waals surface area contributed by atoms with E-state index in [1.807, 2.05) is 0 Å². The number of thiazole rings is 1. The van der Waals surface area contributed by atoms with Crippen LogP contribution in [0.1, 0.15) is 24.0 Å². The van der Waals surface area contributed by atoms with Crippen molar-refractivity contribution in [3.63, 3.8) is 0 Å². The first-order chi connectivity index (χ1) is 10.5. The average Bonchev–Trinajstić information content (AvgIpc) is 2.98. The summed E-state index contributed by atoms with van der Waals surface area (Å²) in [7, 11) is 1.31. The molecular weight excluding hydrogens is 312 g/mol. The minimum atomic E-state index is -1.28. The van der Waals surface area contributed by atoms with E-state index in [0.29, 0.717) is 11.2 Å².